The van der Waals surface area contributed by atoms with E-state index in [1.54, 1.807) is 6.20 Å². The van der Waals surface area contributed by atoms with E-state index in [0.717, 1.165) is 23.8 Å². The summed E-state index contributed by atoms with van der Waals surface area (Å²) in [7, 11) is 0. The van der Waals surface area contributed by atoms with Crippen molar-refractivity contribution in [3.05, 3.63) is 42.6 Å². The maximum Gasteiger partial charge on any atom is 0.126 e. The second-order valence-electron chi connectivity index (χ2n) is 3.15. The minimum atomic E-state index is 0.874. The van der Waals surface area contributed by atoms with Crippen LogP contribution in [0.1, 0.15) is 6.92 Å². The van der Waals surface area contributed by atoms with E-state index >= 15 is 0 Å². The number of nitrogens with one attached hydrogen (secondary N) is 1. The maximum atomic E-state index is 4.46. The van der Waals surface area contributed by atoms with Crippen molar-refractivity contribution >= 4 is 5.82 Å². The topological polar surface area (TPSA) is 37.8 Å². The molecule has 0 saturated heterocycles. The Kier molecular flexibility index (Phi) is 2.93. The Morgan fingerprint density at radius 3 is 2.67 bits per heavy atom. The predicted octanol–water partition coefficient (Wildman–Crippen LogP) is 2.58. The number of hydrogen-bond acceptors (Lipinski definition) is 3. The van der Waals surface area contributed by atoms with Gasteiger partial charge in [-0.1, -0.05) is 12.1 Å². The first kappa shape index (κ1) is 9.65. The number of hydrogen-bond donors (Lipinski definition) is 1. The van der Waals surface area contributed by atoms with Crippen LogP contribution in [0, 0.1) is 0 Å². The van der Waals surface area contributed by atoms with E-state index in [-0.39, 0.29) is 0 Å². The summed E-state index contributed by atoms with van der Waals surface area (Å²) >= 11 is 0. The lowest BCUT2D eigenvalue weighted by atomic mass is 10.2. The molecule has 0 aliphatic carbocycles. The predicted molar refractivity (Wildman–Crippen MR) is 61.6 cm³/mol. The molecule has 0 aliphatic rings. The molecule has 1 N–H and O–H groups in total. The molecule has 0 amide bonds. The van der Waals surface area contributed by atoms with Gasteiger partial charge in [0, 0.05) is 12.7 Å². The SMILES string of the molecule is CCNc1cccc(-c2ccccn2)n1. The highest BCUT2D eigenvalue weighted by atomic mass is 15.0. The van der Waals surface area contributed by atoms with Gasteiger partial charge in [-0.2, -0.15) is 0 Å². The summed E-state index contributed by atoms with van der Waals surface area (Å²) in [5.41, 5.74) is 1.80. The van der Waals surface area contributed by atoms with Gasteiger partial charge in [-0.3, -0.25) is 4.98 Å². The first-order valence-electron chi connectivity index (χ1n) is 5.02. The summed E-state index contributed by atoms with van der Waals surface area (Å²) in [6, 6.07) is 11.7. The van der Waals surface area contributed by atoms with Crippen LogP contribution in [0.3, 0.4) is 0 Å². The Morgan fingerprint density at radius 1 is 1.07 bits per heavy atom. The molecule has 0 radical (unpaired) electrons. The fourth-order valence-corrected chi connectivity index (χ4v) is 1.37. The van der Waals surface area contributed by atoms with Gasteiger partial charge >= 0.3 is 0 Å². The molecule has 0 aliphatic heterocycles. The first-order chi connectivity index (χ1) is 7.40. The number of pyridine rings is 2. The van der Waals surface area contributed by atoms with Crippen LogP contribution in [-0.4, -0.2) is 16.5 Å². The molecule has 3 heteroatoms. The van der Waals surface area contributed by atoms with Gasteiger partial charge in [0.05, 0.1) is 11.4 Å². The molecule has 2 rings (SSSR count). The molecule has 0 saturated carbocycles. The Balaban J connectivity index is 2.33. The number of nitrogens with zero attached hydrogens (tertiary/aromatic N) is 2. The van der Waals surface area contributed by atoms with Gasteiger partial charge in [-0.25, -0.2) is 4.98 Å². The normalized spacial score (nSPS) is 9.93. The Hall–Kier alpha value is -1.90. The monoisotopic (exact) mass is 199 g/mol. The third-order valence-electron chi connectivity index (χ3n) is 2.03. The minimum absolute atomic E-state index is 0.874. The third-order valence-corrected chi connectivity index (χ3v) is 2.03. The number of rotatable bonds is 3. The summed E-state index contributed by atoms with van der Waals surface area (Å²) in [4.78, 5) is 8.72. The average Bonchev–Trinajstić information content (AvgIpc) is 2.31. The van der Waals surface area contributed by atoms with Crippen molar-refractivity contribution in [1.82, 2.24) is 9.97 Å². The van der Waals surface area contributed by atoms with Crippen LogP contribution in [-0.2, 0) is 0 Å². The molecular formula is C12H13N3. The standard InChI is InChI=1S/C12H13N3/c1-2-13-12-8-5-7-11(15-12)10-6-3-4-9-14-10/h3-9H,2H2,1H3,(H,13,15). The van der Waals surface area contributed by atoms with E-state index in [2.05, 4.69) is 22.2 Å². The second kappa shape index (κ2) is 4.55. The highest BCUT2D eigenvalue weighted by Gasteiger charge is 2.00. The highest BCUT2D eigenvalue weighted by molar-refractivity contribution is 5.56. The fourth-order valence-electron chi connectivity index (χ4n) is 1.37. The fraction of sp³-hybridized carbons (Fsp3) is 0.167. The summed E-state index contributed by atoms with van der Waals surface area (Å²) in [5, 5.41) is 3.18. The smallest absolute Gasteiger partial charge is 0.126 e. The first-order valence-corrected chi connectivity index (χ1v) is 5.02. The zero-order valence-electron chi connectivity index (χ0n) is 8.64. The third kappa shape index (κ3) is 2.31. The molecule has 0 unspecified atom stereocenters. The molecule has 2 heterocycles. The Morgan fingerprint density at radius 2 is 1.93 bits per heavy atom. The Labute approximate surface area is 89.2 Å². The second-order valence-corrected chi connectivity index (χ2v) is 3.15. The molecule has 0 bridgehead atoms. The van der Waals surface area contributed by atoms with E-state index in [0.29, 0.717) is 0 Å². The van der Waals surface area contributed by atoms with Crippen LogP contribution in [0.5, 0.6) is 0 Å². The molecule has 2 aromatic rings. The molecule has 0 fully saturated rings. The summed E-state index contributed by atoms with van der Waals surface area (Å²) in [6.07, 6.45) is 1.77. The van der Waals surface area contributed by atoms with Crippen LogP contribution < -0.4 is 5.32 Å². The van der Waals surface area contributed by atoms with Gasteiger partial charge in [-0.05, 0) is 31.2 Å². The van der Waals surface area contributed by atoms with Gasteiger partial charge in [-0.15, -0.1) is 0 Å². The van der Waals surface area contributed by atoms with Gasteiger partial charge in [0.1, 0.15) is 5.82 Å². The lowest BCUT2D eigenvalue weighted by molar-refractivity contribution is 1.15. The molecule has 3 nitrogen and oxygen atoms in total. The number of aromatic nitrogens is 2. The van der Waals surface area contributed by atoms with Crippen LogP contribution in [0.2, 0.25) is 0 Å². The average molecular weight is 199 g/mol. The lowest BCUT2D eigenvalue weighted by Gasteiger charge is -2.04. The summed E-state index contributed by atoms with van der Waals surface area (Å²) < 4.78 is 0. The Bertz CT molecular complexity index is 426. The highest BCUT2D eigenvalue weighted by Crippen LogP contribution is 2.15. The molecule has 2 aromatic heterocycles. The van der Waals surface area contributed by atoms with Crippen molar-refractivity contribution in [1.29, 1.82) is 0 Å². The van der Waals surface area contributed by atoms with Gasteiger partial charge in [0.2, 0.25) is 0 Å². The summed E-state index contributed by atoms with van der Waals surface area (Å²) in [6.45, 7) is 2.92. The van der Waals surface area contributed by atoms with E-state index in [4.69, 9.17) is 0 Å². The van der Waals surface area contributed by atoms with Crippen molar-refractivity contribution in [2.75, 3.05) is 11.9 Å². The zero-order valence-corrected chi connectivity index (χ0v) is 8.64. The van der Waals surface area contributed by atoms with Gasteiger partial charge < -0.3 is 5.32 Å². The van der Waals surface area contributed by atoms with E-state index < -0.39 is 0 Å². The molecule has 0 spiro atoms. The molecule has 76 valence electrons. The van der Waals surface area contributed by atoms with Crippen molar-refractivity contribution in [2.24, 2.45) is 0 Å². The quantitative estimate of drug-likeness (QED) is 0.825. The molecule has 0 atom stereocenters. The molecule has 0 aromatic carbocycles. The number of anilines is 1. The minimum Gasteiger partial charge on any atom is -0.370 e. The molecule has 15 heavy (non-hydrogen) atoms. The van der Waals surface area contributed by atoms with Crippen LogP contribution in [0.25, 0.3) is 11.4 Å². The lowest BCUT2D eigenvalue weighted by Crippen LogP contribution is -1.99. The molecular weight excluding hydrogens is 186 g/mol. The van der Waals surface area contributed by atoms with Crippen molar-refractivity contribution in [2.45, 2.75) is 6.92 Å². The van der Waals surface area contributed by atoms with Gasteiger partial charge in [0.15, 0.2) is 0 Å². The van der Waals surface area contributed by atoms with Crippen LogP contribution >= 0.6 is 0 Å². The summed E-state index contributed by atoms with van der Waals surface area (Å²) in [5.74, 6) is 0.889. The van der Waals surface area contributed by atoms with Crippen molar-refractivity contribution < 1.29 is 0 Å². The largest absolute Gasteiger partial charge is 0.370 e. The van der Waals surface area contributed by atoms with E-state index in [1.165, 1.54) is 0 Å². The van der Waals surface area contributed by atoms with Crippen molar-refractivity contribution in [3.8, 4) is 11.4 Å². The van der Waals surface area contributed by atoms with Crippen molar-refractivity contribution in [3.63, 3.8) is 0 Å². The maximum absolute atomic E-state index is 4.46. The van der Waals surface area contributed by atoms with Crippen LogP contribution in [0.4, 0.5) is 5.82 Å². The van der Waals surface area contributed by atoms with Crippen LogP contribution in [0.15, 0.2) is 42.6 Å². The zero-order chi connectivity index (χ0) is 10.5. The van der Waals surface area contributed by atoms with E-state index in [9.17, 15) is 0 Å². The van der Waals surface area contributed by atoms with E-state index in [1.807, 2.05) is 36.4 Å². The van der Waals surface area contributed by atoms with Gasteiger partial charge in [0.25, 0.3) is 0 Å².